The number of fused-ring (bicyclic) bond motifs is 1. The van der Waals surface area contributed by atoms with Gasteiger partial charge in [-0.15, -0.1) is 11.3 Å². The number of rotatable bonds is 3. The number of nitrogen functional groups attached to an aromatic ring is 1. The molecule has 2 nitrogen and oxygen atoms in total. The minimum Gasteiger partial charge on any atom is -0.398 e. The number of carbonyl (C=O) groups excluding carboxylic acids is 1. The molecule has 0 aliphatic heterocycles. The van der Waals surface area contributed by atoms with Gasteiger partial charge in [-0.05, 0) is 47.2 Å². The van der Waals surface area contributed by atoms with Gasteiger partial charge in [-0.3, -0.25) is 4.79 Å². The van der Waals surface area contributed by atoms with Crippen LogP contribution in [0.5, 0.6) is 0 Å². The van der Waals surface area contributed by atoms with E-state index in [4.69, 9.17) is 5.73 Å². The topological polar surface area (TPSA) is 43.1 Å². The Balaban J connectivity index is 2.20. The van der Waals surface area contributed by atoms with Crippen molar-refractivity contribution in [3.63, 3.8) is 0 Å². The SMILES string of the molecule is CCc1cc(-c2cc3ccccc3s2)cc(C=O)c1N. The Hall–Kier alpha value is -2.13. The summed E-state index contributed by atoms with van der Waals surface area (Å²) in [5, 5.41) is 1.23. The summed E-state index contributed by atoms with van der Waals surface area (Å²) in [6.45, 7) is 2.05. The zero-order valence-corrected chi connectivity index (χ0v) is 12.0. The molecule has 3 rings (SSSR count). The fourth-order valence-corrected chi connectivity index (χ4v) is 3.44. The van der Waals surface area contributed by atoms with Crippen LogP contribution in [-0.4, -0.2) is 6.29 Å². The number of anilines is 1. The molecule has 0 aliphatic carbocycles. The second kappa shape index (κ2) is 5.10. The van der Waals surface area contributed by atoms with Crippen LogP contribution in [0.3, 0.4) is 0 Å². The highest BCUT2D eigenvalue weighted by atomic mass is 32.1. The van der Waals surface area contributed by atoms with Crippen LogP contribution in [0.25, 0.3) is 20.5 Å². The third-order valence-electron chi connectivity index (χ3n) is 3.52. The van der Waals surface area contributed by atoms with E-state index in [0.29, 0.717) is 11.3 Å². The number of hydrogen-bond donors (Lipinski definition) is 1. The molecule has 2 N–H and O–H groups in total. The molecule has 0 bridgehead atoms. The van der Waals surface area contributed by atoms with Crippen molar-refractivity contribution in [2.24, 2.45) is 0 Å². The van der Waals surface area contributed by atoms with Crippen molar-refractivity contribution in [3.8, 4) is 10.4 Å². The predicted molar refractivity (Wildman–Crippen MR) is 86.4 cm³/mol. The maximum atomic E-state index is 11.2. The summed E-state index contributed by atoms with van der Waals surface area (Å²) in [5.41, 5.74) is 9.28. The van der Waals surface area contributed by atoms with E-state index in [1.165, 1.54) is 15.0 Å². The van der Waals surface area contributed by atoms with Gasteiger partial charge in [-0.1, -0.05) is 25.1 Å². The number of aryl methyl sites for hydroxylation is 1. The third kappa shape index (κ3) is 2.10. The lowest BCUT2D eigenvalue weighted by Gasteiger charge is -2.08. The fourth-order valence-electron chi connectivity index (χ4n) is 2.39. The van der Waals surface area contributed by atoms with Gasteiger partial charge >= 0.3 is 0 Å². The van der Waals surface area contributed by atoms with E-state index in [1.54, 1.807) is 11.3 Å². The van der Waals surface area contributed by atoms with Gasteiger partial charge in [0.05, 0.1) is 0 Å². The fraction of sp³-hybridized carbons (Fsp3) is 0.118. The molecule has 20 heavy (non-hydrogen) atoms. The van der Waals surface area contributed by atoms with Crippen LogP contribution in [0.4, 0.5) is 5.69 Å². The van der Waals surface area contributed by atoms with Gasteiger partial charge in [0.15, 0.2) is 6.29 Å². The van der Waals surface area contributed by atoms with E-state index in [-0.39, 0.29) is 0 Å². The number of benzene rings is 2. The maximum Gasteiger partial charge on any atom is 0.152 e. The van der Waals surface area contributed by atoms with Crippen LogP contribution < -0.4 is 5.73 Å². The summed E-state index contributed by atoms with van der Waals surface area (Å²) in [5.74, 6) is 0. The lowest BCUT2D eigenvalue weighted by Crippen LogP contribution is -1.99. The molecule has 0 radical (unpaired) electrons. The molecule has 0 amide bonds. The Labute approximate surface area is 121 Å². The first kappa shape index (κ1) is 12.9. The molecule has 0 saturated heterocycles. The summed E-state index contributed by atoms with van der Waals surface area (Å²) >= 11 is 1.74. The van der Waals surface area contributed by atoms with Crippen molar-refractivity contribution in [2.75, 3.05) is 5.73 Å². The highest BCUT2D eigenvalue weighted by Crippen LogP contribution is 2.35. The number of thiophene rings is 1. The summed E-state index contributed by atoms with van der Waals surface area (Å²) in [6, 6.07) is 14.4. The Morgan fingerprint density at radius 1 is 1.20 bits per heavy atom. The van der Waals surface area contributed by atoms with Gasteiger partial charge in [0.2, 0.25) is 0 Å². The quantitative estimate of drug-likeness (QED) is 0.566. The first-order chi connectivity index (χ1) is 9.72. The molecule has 0 atom stereocenters. The smallest absolute Gasteiger partial charge is 0.152 e. The van der Waals surface area contributed by atoms with Gasteiger partial charge in [0.25, 0.3) is 0 Å². The summed E-state index contributed by atoms with van der Waals surface area (Å²) in [7, 11) is 0. The van der Waals surface area contributed by atoms with Crippen LogP contribution >= 0.6 is 11.3 Å². The second-order valence-electron chi connectivity index (χ2n) is 4.76. The van der Waals surface area contributed by atoms with E-state index in [9.17, 15) is 4.79 Å². The molecule has 1 aromatic heterocycles. The van der Waals surface area contributed by atoms with Crippen molar-refractivity contribution in [3.05, 3.63) is 53.6 Å². The molecular formula is C17H15NOS. The molecular weight excluding hydrogens is 266 g/mol. The average molecular weight is 281 g/mol. The molecule has 0 aliphatic rings. The van der Waals surface area contributed by atoms with Crippen molar-refractivity contribution >= 4 is 33.4 Å². The number of carbonyl (C=O) groups is 1. The van der Waals surface area contributed by atoms with Crippen molar-refractivity contribution in [1.29, 1.82) is 0 Å². The third-order valence-corrected chi connectivity index (χ3v) is 4.68. The van der Waals surface area contributed by atoms with Gasteiger partial charge in [-0.2, -0.15) is 0 Å². The molecule has 3 heteroatoms. The molecule has 100 valence electrons. The number of aldehydes is 1. The van der Waals surface area contributed by atoms with Gasteiger partial charge < -0.3 is 5.73 Å². The van der Waals surface area contributed by atoms with E-state index >= 15 is 0 Å². The molecule has 0 spiro atoms. The molecule has 3 aromatic rings. The molecule has 0 unspecified atom stereocenters. The molecule has 0 fully saturated rings. The van der Waals surface area contributed by atoms with E-state index < -0.39 is 0 Å². The first-order valence-electron chi connectivity index (χ1n) is 6.59. The standard InChI is InChI=1S/C17H15NOS/c1-2-11-7-13(8-14(10-19)17(11)18)16-9-12-5-3-4-6-15(12)20-16/h3-10H,2,18H2,1H3. The monoisotopic (exact) mass is 281 g/mol. The zero-order valence-electron chi connectivity index (χ0n) is 11.2. The number of nitrogens with two attached hydrogens (primary N) is 1. The van der Waals surface area contributed by atoms with Crippen molar-refractivity contribution in [2.45, 2.75) is 13.3 Å². The van der Waals surface area contributed by atoms with Gasteiger partial charge in [0.1, 0.15) is 0 Å². The summed E-state index contributed by atoms with van der Waals surface area (Å²) in [4.78, 5) is 12.3. The lowest BCUT2D eigenvalue weighted by atomic mass is 10.0. The van der Waals surface area contributed by atoms with E-state index in [1.807, 2.05) is 18.2 Å². The van der Waals surface area contributed by atoms with Crippen molar-refractivity contribution < 1.29 is 4.79 Å². The summed E-state index contributed by atoms with van der Waals surface area (Å²) < 4.78 is 1.25. The van der Waals surface area contributed by atoms with E-state index in [2.05, 4.69) is 31.2 Å². The highest BCUT2D eigenvalue weighted by Gasteiger charge is 2.10. The molecule has 1 heterocycles. The zero-order chi connectivity index (χ0) is 14.1. The maximum absolute atomic E-state index is 11.2. The first-order valence-corrected chi connectivity index (χ1v) is 7.41. The normalized spacial score (nSPS) is 10.8. The van der Waals surface area contributed by atoms with E-state index in [0.717, 1.165) is 23.8 Å². The average Bonchev–Trinajstić information content (AvgIpc) is 2.91. The molecule has 0 saturated carbocycles. The molecule has 2 aromatic carbocycles. The predicted octanol–water partition coefficient (Wildman–Crippen LogP) is 4.53. The number of hydrogen-bond acceptors (Lipinski definition) is 3. The Morgan fingerprint density at radius 3 is 2.70 bits per heavy atom. The van der Waals surface area contributed by atoms with Crippen LogP contribution in [0.1, 0.15) is 22.8 Å². The van der Waals surface area contributed by atoms with Crippen LogP contribution in [0.15, 0.2) is 42.5 Å². The van der Waals surface area contributed by atoms with Crippen LogP contribution in [0.2, 0.25) is 0 Å². The van der Waals surface area contributed by atoms with Gasteiger partial charge in [-0.25, -0.2) is 0 Å². The highest BCUT2D eigenvalue weighted by molar-refractivity contribution is 7.22. The van der Waals surface area contributed by atoms with Gasteiger partial charge in [0, 0.05) is 20.8 Å². The Morgan fingerprint density at radius 2 is 2.00 bits per heavy atom. The second-order valence-corrected chi connectivity index (χ2v) is 5.84. The Bertz CT molecular complexity index is 756. The lowest BCUT2D eigenvalue weighted by molar-refractivity contribution is 0.112. The van der Waals surface area contributed by atoms with Crippen molar-refractivity contribution in [1.82, 2.24) is 0 Å². The Kier molecular flexibility index (Phi) is 3.28. The largest absolute Gasteiger partial charge is 0.398 e. The minimum atomic E-state index is 0.580. The minimum absolute atomic E-state index is 0.580. The summed E-state index contributed by atoms with van der Waals surface area (Å²) in [6.07, 6.45) is 1.66. The van der Waals surface area contributed by atoms with Crippen LogP contribution in [0, 0.1) is 0 Å². The van der Waals surface area contributed by atoms with Crippen LogP contribution in [-0.2, 0) is 6.42 Å².